The third kappa shape index (κ3) is 3.29. The van der Waals surface area contributed by atoms with Gasteiger partial charge >= 0.3 is 0 Å². The molecule has 0 saturated heterocycles. The van der Waals surface area contributed by atoms with Crippen LogP contribution in [0.2, 0.25) is 0 Å². The summed E-state index contributed by atoms with van der Waals surface area (Å²) in [4.78, 5) is 20.1. The molecule has 98 valence electrons. The molecule has 0 aliphatic rings. The van der Waals surface area contributed by atoms with Crippen LogP contribution < -0.4 is 11.1 Å². The van der Waals surface area contributed by atoms with Crippen LogP contribution >= 0.6 is 0 Å². The number of anilines is 2. The van der Waals surface area contributed by atoms with E-state index in [4.69, 9.17) is 5.73 Å². The number of aryl methyl sites for hydroxylation is 1. The molecule has 1 heterocycles. The molecule has 18 heavy (non-hydrogen) atoms. The van der Waals surface area contributed by atoms with E-state index in [1.165, 1.54) is 0 Å². The Morgan fingerprint density at radius 2 is 1.94 bits per heavy atom. The average Bonchev–Trinajstić information content (AvgIpc) is 2.22. The lowest BCUT2D eigenvalue weighted by molar-refractivity contribution is -0.123. The van der Waals surface area contributed by atoms with Gasteiger partial charge in [0.2, 0.25) is 11.9 Å². The number of carbonyl (C=O) groups excluding carboxylic acids is 1. The Bertz CT molecular complexity index is 463. The minimum atomic E-state index is -0.492. The van der Waals surface area contributed by atoms with Crippen molar-refractivity contribution in [3.63, 3.8) is 0 Å². The number of nitrogen functional groups attached to an aromatic ring is 1. The van der Waals surface area contributed by atoms with Crippen LogP contribution in [-0.2, 0) is 4.79 Å². The molecule has 0 bridgehead atoms. The topological polar surface area (TPSA) is 80.9 Å². The molecule has 0 aliphatic heterocycles. The number of nitrogens with zero attached hydrogens (tertiary/aromatic N) is 2. The van der Waals surface area contributed by atoms with Crippen molar-refractivity contribution in [1.29, 1.82) is 0 Å². The van der Waals surface area contributed by atoms with Crippen molar-refractivity contribution in [2.24, 2.45) is 5.41 Å². The summed E-state index contributed by atoms with van der Waals surface area (Å²) in [6.45, 7) is 9.21. The summed E-state index contributed by atoms with van der Waals surface area (Å²) in [5.74, 6) is 0.475. The highest BCUT2D eigenvalue weighted by atomic mass is 16.2. The van der Waals surface area contributed by atoms with Gasteiger partial charge in [0.25, 0.3) is 0 Å². The number of amides is 1. The Labute approximate surface area is 108 Å². The quantitative estimate of drug-likeness (QED) is 0.842. The molecule has 0 unspecified atom stereocenters. The predicted octanol–water partition coefficient (Wildman–Crippen LogP) is 2.38. The van der Waals surface area contributed by atoms with Gasteiger partial charge in [-0.05, 0) is 13.8 Å². The van der Waals surface area contributed by atoms with E-state index in [1.54, 1.807) is 0 Å². The standard InChI is InChI=1S/C13H20N4O/c1-6-7-9-8(2)15-12(16-10(9)14)17-11(18)13(3,4)5/h6-7H,1-5H3,(H3,14,15,16,17,18)/b7-6-. The molecule has 5 heteroatoms. The van der Waals surface area contributed by atoms with E-state index in [0.29, 0.717) is 5.82 Å². The molecule has 5 nitrogen and oxygen atoms in total. The van der Waals surface area contributed by atoms with Crippen LogP contribution in [0.1, 0.15) is 39.0 Å². The van der Waals surface area contributed by atoms with E-state index in [1.807, 2.05) is 46.8 Å². The van der Waals surface area contributed by atoms with Gasteiger partial charge in [0, 0.05) is 11.0 Å². The molecule has 1 amide bonds. The first-order valence-corrected chi connectivity index (χ1v) is 5.84. The zero-order valence-electron chi connectivity index (χ0n) is 11.5. The third-order valence-corrected chi connectivity index (χ3v) is 2.41. The fourth-order valence-electron chi connectivity index (χ4n) is 1.32. The Hall–Kier alpha value is -1.91. The van der Waals surface area contributed by atoms with Gasteiger partial charge < -0.3 is 5.73 Å². The van der Waals surface area contributed by atoms with Gasteiger partial charge in [0.05, 0.1) is 5.69 Å². The van der Waals surface area contributed by atoms with Gasteiger partial charge in [-0.15, -0.1) is 0 Å². The van der Waals surface area contributed by atoms with Crippen molar-refractivity contribution in [1.82, 2.24) is 9.97 Å². The largest absolute Gasteiger partial charge is 0.383 e. The molecule has 0 fully saturated rings. The van der Waals surface area contributed by atoms with Crippen molar-refractivity contribution in [2.75, 3.05) is 11.1 Å². The lowest BCUT2D eigenvalue weighted by Gasteiger charge is -2.17. The molecule has 1 rings (SSSR count). The maximum absolute atomic E-state index is 11.8. The normalized spacial score (nSPS) is 11.8. The second kappa shape index (κ2) is 5.16. The van der Waals surface area contributed by atoms with E-state index < -0.39 is 5.41 Å². The molecule has 0 radical (unpaired) electrons. The number of carbonyl (C=O) groups is 1. The molecule has 0 aromatic carbocycles. The van der Waals surface area contributed by atoms with Gasteiger partial charge in [-0.1, -0.05) is 32.9 Å². The number of nitrogens with two attached hydrogens (primary N) is 1. The van der Waals surface area contributed by atoms with E-state index in [2.05, 4.69) is 15.3 Å². The van der Waals surface area contributed by atoms with E-state index in [0.717, 1.165) is 11.3 Å². The van der Waals surface area contributed by atoms with Crippen LogP contribution in [0.15, 0.2) is 6.08 Å². The summed E-state index contributed by atoms with van der Waals surface area (Å²) >= 11 is 0. The first kappa shape index (κ1) is 14.2. The van der Waals surface area contributed by atoms with Crippen molar-refractivity contribution >= 4 is 23.7 Å². The molecule has 1 aromatic heterocycles. The van der Waals surface area contributed by atoms with Gasteiger partial charge in [0.15, 0.2) is 0 Å². The van der Waals surface area contributed by atoms with E-state index in [-0.39, 0.29) is 11.9 Å². The second-order valence-electron chi connectivity index (χ2n) is 5.14. The fourth-order valence-corrected chi connectivity index (χ4v) is 1.32. The minimum Gasteiger partial charge on any atom is -0.383 e. The summed E-state index contributed by atoms with van der Waals surface area (Å²) in [6.07, 6.45) is 3.72. The summed E-state index contributed by atoms with van der Waals surface area (Å²) < 4.78 is 0. The van der Waals surface area contributed by atoms with Gasteiger partial charge in [-0.3, -0.25) is 10.1 Å². The monoisotopic (exact) mass is 248 g/mol. The summed E-state index contributed by atoms with van der Waals surface area (Å²) in [5.41, 5.74) is 6.87. The molecular formula is C13H20N4O. The van der Waals surface area contributed by atoms with E-state index >= 15 is 0 Å². The number of nitrogens with one attached hydrogen (secondary N) is 1. The smallest absolute Gasteiger partial charge is 0.232 e. The van der Waals surface area contributed by atoms with Crippen molar-refractivity contribution < 1.29 is 4.79 Å². The summed E-state index contributed by atoms with van der Waals surface area (Å²) in [5, 5.41) is 2.67. The lowest BCUT2D eigenvalue weighted by atomic mass is 9.96. The first-order valence-electron chi connectivity index (χ1n) is 5.84. The maximum Gasteiger partial charge on any atom is 0.232 e. The van der Waals surface area contributed by atoms with Gasteiger partial charge in [-0.2, -0.15) is 4.98 Å². The third-order valence-electron chi connectivity index (χ3n) is 2.41. The highest BCUT2D eigenvalue weighted by Crippen LogP contribution is 2.19. The average molecular weight is 248 g/mol. The molecule has 1 aromatic rings. The lowest BCUT2D eigenvalue weighted by Crippen LogP contribution is -2.28. The molecule has 0 aliphatic carbocycles. The van der Waals surface area contributed by atoms with Crippen LogP contribution in [0.5, 0.6) is 0 Å². The SMILES string of the molecule is C/C=C\c1c(C)nc(NC(=O)C(C)(C)C)nc1N. The summed E-state index contributed by atoms with van der Waals surface area (Å²) in [7, 11) is 0. The zero-order chi connectivity index (χ0) is 13.9. The Morgan fingerprint density at radius 3 is 2.39 bits per heavy atom. The van der Waals surface area contributed by atoms with Crippen LogP contribution in [0.4, 0.5) is 11.8 Å². The van der Waals surface area contributed by atoms with Gasteiger partial charge in [-0.25, -0.2) is 4.98 Å². The van der Waals surface area contributed by atoms with Crippen LogP contribution in [0.25, 0.3) is 6.08 Å². The van der Waals surface area contributed by atoms with E-state index in [9.17, 15) is 4.79 Å². The molecule has 3 N–H and O–H groups in total. The first-order chi connectivity index (χ1) is 8.25. The summed E-state index contributed by atoms with van der Waals surface area (Å²) in [6, 6.07) is 0. The molecule has 0 spiro atoms. The van der Waals surface area contributed by atoms with Crippen LogP contribution in [-0.4, -0.2) is 15.9 Å². The number of aromatic nitrogens is 2. The molecule has 0 atom stereocenters. The predicted molar refractivity (Wildman–Crippen MR) is 74.0 cm³/mol. The van der Waals surface area contributed by atoms with Crippen molar-refractivity contribution in [3.05, 3.63) is 17.3 Å². The Morgan fingerprint density at radius 1 is 1.33 bits per heavy atom. The Kier molecular flexibility index (Phi) is 4.06. The van der Waals surface area contributed by atoms with Crippen molar-refractivity contribution in [3.8, 4) is 0 Å². The minimum absolute atomic E-state index is 0.139. The molecule has 0 saturated carbocycles. The Balaban J connectivity index is 3.04. The maximum atomic E-state index is 11.8. The number of hydrogen-bond acceptors (Lipinski definition) is 4. The van der Waals surface area contributed by atoms with Crippen LogP contribution in [0, 0.1) is 12.3 Å². The number of allylic oxidation sites excluding steroid dienone is 1. The number of rotatable bonds is 2. The fraction of sp³-hybridized carbons (Fsp3) is 0.462. The van der Waals surface area contributed by atoms with Gasteiger partial charge in [0.1, 0.15) is 5.82 Å². The second-order valence-corrected chi connectivity index (χ2v) is 5.14. The van der Waals surface area contributed by atoms with Crippen molar-refractivity contribution in [2.45, 2.75) is 34.6 Å². The number of hydrogen-bond donors (Lipinski definition) is 2. The van der Waals surface area contributed by atoms with Crippen LogP contribution in [0.3, 0.4) is 0 Å². The molecular weight excluding hydrogens is 228 g/mol. The zero-order valence-corrected chi connectivity index (χ0v) is 11.5. The highest BCUT2D eigenvalue weighted by molar-refractivity contribution is 5.93. The highest BCUT2D eigenvalue weighted by Gasteiger charge is 2.22.